The largest absolute Gasteiger partial charge is 0.480 e. The Labute approximate surface area is 189 Å². The van der Waals surface area contributed by atoms with Gasteiger partial charge >= 0.3 is 12.2 Å². The maximum absolute atomic E-state index is 12.7. The molecule has 0 aliphatic heterocycles. The predicted molar refractivity (Wildman–Crippen MR) is 122 cm³/mol. The van der Waals surface area contributed by atoms with E-state index < -0.39 is 12.2 Å². The first-order valence-electron chi connectivity index (χ1n) is 9.28. The lowest BCUT2D eigenvalue weighted by Crippen LogP contribution is -2.40. The van der Waals surface area contributed by atoms with Gasteiger partial charge in [-0.25, -0.2) is 5.43 Å². The van der Waals surface area contributed by atoms with Gasteiger partial charge in [0.2, 0.25) is 0 Å². The summed E-state index contributed by atoms with van der Waals surface area (Å²) in [5.74, 6) is 3.34. The Kier molecular flexibility index (Phi) is 8.09. The molecule has 7 heteroatoms. The SMILES string of the molecule is C#CCOc1ccc(Br)cc1/C=N/NC(=O)C(Oc1ccccc1)Oc1ccccc1. The van der Waals surface area contributed by atoms with Crippen molar-refractivity contribution < 1.29 is 19.0 Å². The second-order valence-electron chi connectivity index (χ2n) is 6.10. The molecule has 0 radical (unpaired) electrons. The summed E-state index contributed by atoms with van der Waals surface area (Å²) in [4.78, 5) is 12.7. The number of carbonyl (C=O) groups is 1. The van der Waals surface area contributed by atoms with Gasteiger partial charge in [-0.1, -0.05) is 58.2 Å². The molecule has 0 aromatic heterocycles. The molecule has 1 amide bonds. The predicted octanol–water partition coefficient (Wildman–Crippen LogP) is 4.40. The third-order valence-corrected chi connectivity index (χ3v) is 4.34. The van der Waals surface area contributed by atoms with Crippen molar-refractivity contribution in [3.63, 3.8) is 0 Å². The first-order chi connectivity index (χ1) is 15.2. The third-order valence-electron chi connectivity index (χ3n) is 3.85. The van der Waals surface area contributed by atoms with Crippen molar-refractivity contribution in [1.82, 2.24) is 5.43 Å². The molecule has 6 nitrogen and oxygen atoms in total. The van der Waals surface area contributed by atoms with Crippen LogP contribution in [0.2, 0.25) is 0 Å². The van der Waals surface area contributed by atoms with Crippen molar-refractivity contribution in [3.8, 4) is 29.6 Å². The number of hydrogen-bond acceptors (Lipinski definition) is 5. The quantitative estimate of drug-likeness (QED) is 0.214. The maximum Gasteiger partial charge on any atom is 0.323 e. The minimum atomic E-state index is -1.25. The van der Waals surface area contributed by atoms with E-state index in [-0.39, 0.29) is 6.61 Å². The Hall–Kier alpha value is -3.76. The van der Waals surface area contributed by atoms with Gasteiger partial charge < -0.3 is 14.2 Å². The summed E-state index contributed by atoms with van der Waals surface area (Å²) in [7, 11) is 0. The average molecular weight is 479 g/mol. The third kappa shape index (κ3) is 6.91. The summed E-state index contributed by atoms with van der Waals surface area (Å²) in [5, 5.41) is 4.02. The highest BCUT2D eigenvalue weighted by Gasteiger charge is 2.22. The molecule has 0 unspecified atom stereocenters. The van der Waals surface area contributed by atoms with Crippen molar-refractivity contribution in [2.75, 3.05) is 6.61 Å². The zero-order valence-electron chi connectivity index (χ0n) is 16.4. The number of nitrogens with zero attached hydrogens (tertiary/aromatic N) is 1. The lowest BCUT2D eigenvalue weighted by Gasteiger charge is -2.18. The van der Waals surface area contributed by atoms with Crippen LogP contribution in [0.5, 0.6) is 17.2 Å². The van der Waals surface area contributed by atoms with Gasteiger partial charge in [0, 0.05) is 10.0 Å². The van der Waals surface area contributed by atoms with E-state index in [0.29, 0.717) is 22.8 Å². The van der Waals surface area contributed by atoms with Gasteiger partial charge in [-0.05, 0) is 42.5 Å². The number of terminal acetylenes is 1. The van der Waals surface area contributed by atoms with Crippen LogP contribution in [0.1, 0.15) is 5.56 Å². The molecule has 31 heavy (non-hydrogen) atoms. The minimum absolute atomic E-state index is 0.118. The highest BCUT2D eigenvalue weighted by molar-refractivity contribution is 9.10. The summed E-state index contributed by atoms with van der Waals surface area (Å²) in [5.41, 5.74) is 3.08. The fourth-order valence-corrected chi connectivity index (χ4v) is 2.84. The molecule has 1 N–H and O–H groups in total. The Balaban J connectivity index is 1.73. The van der Waals surface area contributed by atoms with Crippen LogP contribution in [0.3, 0.4) is 0 Å². The summed E-state index contributed by atoms with van der Waals surface area (Å²) in [6.45, 7) is 0.118. The number of rotatable bonds is 9. The van der Waals surface area contributed by atoms with Gasteiger partial charge in [0.05, 0.1) is 6.21 Å². The van der Waals surface area contributed by atoms with Gasteiger partial charge in [-0.2, -0.15) is 5.10 Å². The number of hydrazone groups is 1. The summed E-state index contributed by atoms with van der Waals surface area (Å²) in [6, 6.07) is 23.2. The molecule has 3 aromatic rings. The molecule has 0 bridgehead atoms. The Bertz CT molecular complexity index is 1020. The Morgan fingerprint density at radius 2 is 1.65 bits per heavy atom. The molecule has 0 saturated carbocycles. The van der Waals surface area contributed by atoms with Crippen LogP contribution in [0.25, 0.3) is 0 Å². The van der Waals surface area contributed by atoms with E-state index in [4.69, 9.17) is 20.6 Å². The number of amides is 1. The zero-order chi connectivity index (χ0) is 21.9. The van der Waals surface area contributed by atoms with E-state index in [0.717, 1.165) is 4.47 Å². The molecule has 0 fully saturated rings. The molecule has 0 spiro atoms. The minimum Gasteiger partial charge on any atom is -0.480 e. The van der Waals surface area contributed by atoms with Crippen molar-refractivity contribution >= 4 is 28.1 Å². The standard InChI is InChI=1S/C24H19BrN2O4/c1-2-15-29-22-14-13-19(25)16-18(22)17-26-27-23(28)24(30-20-9-5-3-6-10-20)31-21-11-7-4-8-12-21/h1,3-14,16-17,24H,15H2,(H,27,28)/b26-17+. The molecular weight excluding hydrogens is 460 g/mol. The maximum atomic E-state index is 12.7. The van der Waals surface area contributed by atoms with Crippen LogP contribution < -0.4 is 19.6 Å². The van der Waals surface area contributed by atoms with Crippen LogP contribution in [0.15, 0.2) is 88.4 Å². The van der Waals surface area contributed by atoms with E-state index in [1.807, 2.05) is 18.2 Å². The van der Waals surface area contributed by atoms with Gasteiger partial charge in [0.15, 0.2) is 0 Å². The summed E-state index contributed by atoms with van der Waals surface area (Å²) >= 11 is 3.40. The highest BCUT2D eigenvalue weighted by atomic mass is 79.9. The van der Waals surface area contributed by atoms with Crippen LogP contribution >= 0.6 is 15.9 Å². The van der Waals surface area contributed by atoms with E-state index in [2.05, 4.69) is 32.4 Å². The first kappa shape index (κ1) is 21.9. The van der Waals surface area contributed by atoms with E-state index >= 15 is 0 Å². The Morgan fingerprint density at radius 1 is 1.03 bits per heavy atom. The van der Waals surface area contributed by atoms with Gasteiger partial charge in [0.1, 0.15) is 23.9 Å². The van der Waals surface area contributed by atoms with Crippen LogP contribution in [-0.2, 0) is 4.79 Å². The fourth-order valence-electron chi connectivity index (χ4n) is 2.47. The highest BCUT2D eigenvalue weighted by Crippen LogP contribution is 2.22. The number of benzene rings is 3. The molecule has 0 aliphatic carbocycles. The van der Waals surface area contributed by atoms with E-state index in [1.165, 1.54) is 6.21 Å². The molecule has 0 aliphatic rings. The first-order valence-corrected chi connectivity index (χ1v) is 10.1. The molecule has 0 saturated heterocycles. The number of nitrogens with one attached hydrogen (secondary N) is 1. The second kappa shape index (κ2) is 11.4. The van der Waals surface area contributed by atoms with Crippen molar-refractivity contribution in [2.24, 2.45) is 5.10 Å². The number of ether oxygens (including phenoxy) is 3. The monoisotopic (exact) mass is 478 g/mol. The van der Waals surface area contributed by atoms with Crippen LogP contribution in [0, 0.1) is 12.3 Å². The molecule has 3 rings (SSSR count). The molecule has 0 atom stereocenters. The van der Waals surface area contributed by atoms with Crippen LogP contribution in [-0.4, -0.2) is 25.0 Å². The normalized spacial score (nSPS) is 10.5. The average Bonchev–Trinajstić information content (AvgIpc) is 2.79. The number of halogens is 1. The molecule has 3 aromatic carbocycles. The van der Waals surface area contributed by atoms with E-state index in [9.17, 15) is 4.79 Å². The summed E-state index contributed by atoms with van der Waals surface area (Å²) in [6.07, 6.45) is 5.46. The van der Waals surface area contributed by atoms with Gasteiger partial charge in [0.25, 0.3) is 0 Å². The smallest absolute Gasteiger partial charge is 0.323 e. The molecule has 0 heterocycles. The lowest BCUT2D eigenvalue weighted by molar-refractivity contribution is -0.140. The van der Waals surface area contributed by atoms with Crippen molar-refractivity contribution in [2.45, 2.75) is 6.29 Å². The topological polar surface area (TPSA) is 69.2 Å². The lowest BCUT2D eigenvalue weighted by atomic mass is 10.2. The number of hydrogen-bond donors (Lipinski definition) is 1. The summed E-state index contributed by atoms with van der Waals surface area (Å²) < 4.78 is 17.8. The second-order valence-corrected chi connectivity index (χ2v) is 7.02. The number of para-hydroxylation sites is 2. The molecule has 156 valence electrons. The zero-order valence-corrected chi connectivity index (χ0v) is 18.0. The van der Waals surface area contributed by atoms with Crippen LogP contribution in [0.4, 0.5) is 0 Å². The van der Waals surface area contributed by atoms with Gasteiger partial charge in [-0.3, -0.25) is 4.79 Å². The van der Waals surface area contributed by atoms with Crippen molar-refractivity contribution in [1.29, 1.82) is 0 Å². The molecular formula is C24H19BrN2O4. The Morgan fingerprint density at radius 3 is 2.23 bits per heavy atom. The van der Waals surface area contributed by atoms with Crippen molar-refractivity contribution in [3.05, 3.63) is 88.9 Å². The van der Waals surface area contributed by atoms with Gasteiger partial charge in [-0.15, -0.1) is 6.42 Å². The number of carbonyl (C=O) groups excluding carboxylic acids is 1. The fraction of sp³-hybridized carbons (Fsp3) is 0.0833. The van der Waals surface area contributed by atoms with E-state index in [1.54, 1.807) is 60.7 Å².